The molecule has 5 heteroatoms. The van der Waals surface area contributed by atoms with Crippen molar-refractivity contribution in [1.29, 1.82) is 0 Å². The van der Waals surface area contributed by atoms with Crippen LogP contribution in [-0.2, 0) is 6.42 Å². The molecule has 2 amide bonds. The lowest BCUT2D eigenvalue weighted by Crippen LogP contribution is -2.31. The predicted octanol–water partition coefficient (Wildman–Crippen LogP) is 1.22. The van der Waals surface area contributed by atoms with E-state index in [4.69, 9.17) is 15.2 Å². The lowest BCUT2D eigenvalue weighted by molar-refractivity contribution is 0.249. The van der Waals surface area contributed by atoms with Gasteiger partial charge in [0, 0.05) is 6.54 Å². The number of urea groups is 1. The molecule has 17 heavy (non-hydrogen) atoms. The summed E-state index contributed by atoms with van der Waals surface area (Å²) in [4.78, 5) is 10.6. The average Bonchev–Trinajstić information content (AvgIpc) is 2.30. The Morgan fingerprint density at radius 3 is 2.47 bits per heavy atom. The van der Waals surface area contributed by atoms with Crippen LogP contribution in [0.2, 0.25) is 0 Å². The second kappa shape index (κ2) is 5.98. The van der Waals surface area contributed by atoms with Gasteiger partial charge in [-0.3, -0.25) is 0 Å². The van der Waals surface area contributed by atoms with Gasteiger partial charge in [0.2, 0.25) is 0 Å². The molecule has 0 aliphatic carbocycles. The summed E-state index contributed by atoms with van der Waals surface area (Å²) in [6.45, 7) is 2.42. The Labute approximate surface area is 101 Å². The SMILES string of the molecule is COc1cc(CCNC(N)=O)c(OC)cc1C. The van der Waals surface area contributed by atoms with Crippen LogP contribution in [0.5, 0.6) is 11.5 Å². The van der Waals surface area contributed by atoms with Crippen molar-refractivity contribution in [3.05, 3.63) is 23.3 Å². The maximum absolute atomic E-state index is 10.6. The number of benzene rings is 1. The van der Waals surface area contributed by atoms with Crippen molar-refractivity contribution in [1.82, 2.24) is 5.32 Å². The van der Waals surface area contributed by atoms with Crippen LogP contribution in [0, 0.1) is 6.92 Å². The van der Waals surface area contributed by atoms with E-state index in [9.17, 15) is 4.79 Å². The summed E-state index contributed by atoms with van der Waals surface area (Å²) in [5.41, 5.74) is 6.99. The Morgan fingerprint density at radius 2 is 1.94 bits per heavy atom. The number of rotatable bonds is 5. The van der Waals surface area contributed by atoms with Crippen LogP contribution in [0.1, 0.15) is 11.1 Å². The number of amides is 2. The molecule has 0 aliphatic heterocycles. The van der Waals surface area contributed by atoms with Gasteiger partial charge in [0.05, 0.1) is 14.2 Å². The summed E-state index contributed by atoms with van der Waals surface area (Å²) in [6.07, 6.45) is 0.642. The van der Waals surface area contributed by atoms with Gasteiger partial charge < -0.3 is 20.5 Å². The smallest absolute Gasteiger partial charge is 0.312 e. The molecule has 0 fully saturated rings. The monoisotopic (exact) mass is 238 g/mol. The molecule has 3 N–H and O–H groups in total. The number of nitrogens with one attached hydrogen (secondary N) is 1. The highest BCUT2D eigenvalue weighted by Crippen LogP contribution is 2.28. The average molecular weight is 238 g/mol. The van der Waals surface area contributed by atoms with E-state index in [0.717, 1.165) is 22.6 Å². The van der Waals surface area contributed by atoms with Gasteiger partial charge in [0.25, 0.3) is 0 Å². The third-order valence-electron chi connectivity index (χ3n) is 2.49. The molecule has 94 valence electrons. The summed E-state index contributed by atoms with van der Waals surface area (Å²) >= 11 is 0. The molecule has 5 nitrogen and oxygen atoms in total. The van der Waals surface area contributed by atoms with E-state index in [0.29, 0.717) is 13.0 Å². The second-order valence-electron chi connectivity index (χ2n) is 3.67. The molecule has 0 aromatic heterocycles. The number of nitrogens with two attached hydrogens (primary N) is 1. The third-order valence-corrected chi connectivity index (χ3v) is 2.49. The molecule has 0 heterocycles. The van der Waals surface area contributed by atoms with Gasteiger partial charge >= 0.3 is 6.03 Å². The second-order valence-corrected chi connectivity index (χ2v) is 3.67. The number of aryl methyl sites for hydroxylation is 1. The molecular weight excluding hydrogens is 220 g/mol. The highest BCUT2D eigenvalue weighted by molar-refractivity contribution is 5.71. The van der Waals surface area contributed by atoms with Crippen molar-refractivity contribution in [2.24, 2.45) is 5.73 Å². The first kappa shape index (κ1) is 13.2. The predicted molar refractivity (Wildman–Crippen MR) is 65.6 cm³/mol. The van der Waals surface area contributed by atoms with Crippen molar-refractivity contribution >= 4 is 6.03 Å². The molecule has 1 aromatic carbocycles. The molecule has 0 bridgehead atoms. The summed E-state index contributed by atoms with van der Waals surface area (Å²) in [6, 6.07) is 3.30. The van der Waals surface area contributed by atoms with Crippen LogP contribution in [0.4, 0.5) is 4.79 Å². The molecule has 0 atom stereocenters. The van der Waals surface area contributed by atoms with E-state index in [1.54, 1.807) is 14.2 Å². The van der Waals surface area contributed by atoms with Gasteiger partial charge in [-0.05, 0) is 36.6 Å². The normalized spacial score (nSPS) is 9.82. The van der Waals surface area contributed by atoms with Gasteiger partial charge in [-0.25, -0.2) is 4.79 Å². The van der Waals surface area contributed by atoms with Gasteiger partial charge in [-0.1, -0.05) is 0 Å². The minimum Gasteiger partial charge on any atom is -0.496 e. The maximum atomic E-state index is 10.6. The zero-order chi connectivity index (χ0) is 12.8. The molecule has 0 radical (unpaired) electrons. The molecule has 0 saturated heterocycles. The van der Waals surface area contributed by atoms with E-state index in [2.05, 4.69) is 5.32 Å². The first-order chi connectivity index (χ1) is 8.08. The Hall–Kier alpha value is -1.91. The Kier molecular flexibility index (Phi) is 4.63. The highest BCUT2D eigenvalue weighted by Gasteiger charge is 2.08. The Balaban J connectivity index is 2.84. The van der Waals surface area contributed by atoms with Crippen LogP contribution in [0.25, 0.3) is 0 Å². The van der Waals surface area contributed by atoms with Gasteiger partial charge in [-0.15, -0.1) is 0 Å². The number of carbonyl (C=O) groups excluding carboxylic acids is 1. The minimum absolute atomic E-state index is 0.470. The van der Waals surface area contributed by atoms with E-state index >= 15 is 0 Å². The van der Waals surface area contributed by atoms with Crippen LogP contribution in [0.15, 0.2) is 12.1 Å². The molecule has 0 saturated carbocycles. The number of ether oxygens (including phenoxy) is 2. The topological polar surface area (TPSA) is 73.6 Å². The highest BCUT2D eigenvalue weighted by atomic mass is 16.5. The molecule has 0 aliphatic rings. The van der Waals surface area contributed by atoms with Gasteiger partial charge in [0.1, 0.15) is 11.5 Å². The molecule has 0 unspecified atom stereocenters. The Bertz CT molecular complexity index is 405. The van der Waals surface area contributed by atoms with Crippen LogP contribution >= 0.6 is 0 Å². The number of hydrogen-bond acceptors (Lipinski definition) is 3. The van der Waals surface area contributed by atoms with Crippen LogP contribution < -0.4 is 20.5 Å². The van der Waals surface area contributed by atoms with Crippen molar-refractivity contribution < 1.29 is 14.3 Å². The Morgan fingerprint density at radius 1 is 1.29 bits per heavy atom. The molecular formula is C12H18N2O3. The first-order valence-corrected chi connectivity index (χ1v) is 5.33. The van der Waals surface area contributed by atoms with Crippen molar-refractivity contribution in [2.45, 2.75) is 13.3 Å². The lowest BCUT2D eigenvalue weighted by Gasteiger charge is -2.13. The summed E-state index contributed by atoms with van der Waals surface area (Å²) in [5, 5.41) is 2.54. The fourth-order valence-electron chi connectivity index (χ4n) is 1.63. The summed E-state index contributed by atoms with van der Waals surface area (Å²) < 4.78 is 10.5. The third kappa shape index (κ3) is 3.55. The van der Waals surface area contributed by atoms with E-state index < -0.39 is 6.03 Å². The lowest BCUT2D eigenvalue weighted by atomic mass is 10.1. The van der Waals surface area contributed by atoms with Gasteiger partial charge in [0.15, 0.2) is 0 Å². The zero-order valence-electron chi connectivity index (χ0n) is 10.4. The molecule has 0 spiro atoms. The van der Waals surface area contributed by atoms with E-state index in [1.807, 2.05) is 19.1 Å². The van der Waals surface area contributed by atoms with Gasteiger partial charge in [-0.2, -0.15) is 0 Å². The van der Waals surface area contributed by atoms with Crippen molar-refractivity contribution in [3.63, 3.8) is 0 Å². The summed E-state index contributed by atoms with van der Waals surface area (Å²) in [7, 11) is 3.24. The fraction of sp³-hybridized carbons (Fsp3) is 0.417. The molecule has 1 aromatic rings. The fourth-order valence-corrected chi connectivity index (χ4v) is 1.63. The number of carbonyl (C=O) groups is 1. The minimum atomic E-state index is -0.525. The zero-order valence-corrected chi connectivity index (χ0v) is 10.4. The van der Waals surface area contributed by atoms with Crippen LogP contribution in [0.3, 0.4) is 0 Å². The quantitative estimate of drug-likeness (QED) is 0.810. The standard InChI is InChI=1S/C12H18N2O3/c1-8-6-11(17-3)9(7-10(8)16-2)4-5-14-12(13)15/h6-7H,4-5H2,1-3H3,(H3,13,14,15). The first-order valence-electron chi connectivity index (χ1n) is 5.33. The van der Waals surface area contributed by atoms with E-state index in [-0.39, 0.29) is 0 Å². The number of primary amides is 1. The maximum Gasteiger partial charge on any atom is 0.312 e. The largest absolute Gasteiger partial charge is 0.496 e. The molecule has 1 rings (SSSR count). The summed E-state index contributed by atoms with van der Waals surface area (Å²) in [5.74, 6) is 1.59. The van der Waals surface area contributed by atoms with E-state index in [1.165, 1.54) is 0 Å². The number of hydrogen-bond donors (Lipinski definition) is 2. The number of methoxy groups -OCH3 is 2. The van der Waals surface area contributed by atoms with Crippen LogP contribution in [-0.4, -0.2) is 26.8 Å². The van der Waals surface area contributed by atoms with Crippen molar-refractivity contribution in [3.8, 4) is 11.5 Å². The van der Waals surface area contributed by atoms with Crippen molar-refractivity contribution in [2.75, 3.05) is 20.8 Å².